The van der Waals surface area contributed by atoms with Gasteiger partial charge in [-0.2, -0.15) is 4.37 Å². The van der Waals surface area contributed by atoms with Crippen LogP contribution in [0, 0.1) is 5.92 Å². The number of fused-ring (bicyclic) bond motifs is 1. The molecule has 1 atom stereocenters. The third-order valence-corrected chi connectivity index (χ3v) is 7.05. The largest absolute Gasteiger partial charge is 0.477 e. The van der Waals surface area contributed by atoms with Crippen LogP contribution in [0.15, 0.2) is 23.4 Å². The Morgan fingerprint density at radius 2 is 1.94 bits per heavy atom. The molecule has 3 aromatic heterocycles. The second-order valence-electron chi connectivity index (χ2n) is 8.76. The van der Waals surface area contributed by atoms with Gasteiger partial charge in [0.2, 0.25) is 10.6 Å². The predicted octanol–water partition coefficient (Wildman–Crippen LogP) is 4.32. The highest BCUT2D eigenvalue weighted by Gasteiger charge is 2.32. The summed E-state index contributed by atoms with van der Waals surface area (Å²) in [4.78, 5) is 49.9. The van der Waals surface area contributed by atoms with Gasteiger partial charge in [0.1, 0.15) is 17.7 Å². The van der Waals surface area contributed by atoms with Crippen molar-refractivity contribution in [3.8, 4) is 5.13 Å². The van der Waals surface area contributed by atoms with Crippen molar-refractivity contribution < 1.29 is 14.7 Å². The number of hydrogen-bond acceptors (Lipinski definition) is 8. The van der Waals surface area contributed by atoms with E-state index in [1.165, 1.54) is 25.0 Å². The van der Waals surface area contributed by atoms with Crippen molar-refractivity contribution in [2.75, 3.05) is 18.0 Å². The lowest BCUT2D eigenvalue weighted by Gasteiger charge is -2.35. The van der Waals surface area contributed by atoms with Gasteiger partial charge >= 0.3 is 5.97 Å². The van der Waals surface area contributed by atoms with E-state index in [9.17, 15) is 19.5 Å². The molecule has 0 spiro atoms. The fraction of sp³-hybridized carbons (Fsp3) is 0.500. The molecule has 0 bridgehead atoms. The van der Waals surface area contributed by atoms with Crippen LogP contribution in [0.1, 0.15) is 79.5 Å². The van der Waals surface area contributed by atoms with Gasteiger partial charge in [-0.25, -0.2) is 14.8 Å². The maximum Gasteiger partial charge on any atom is 0.343 e. The van der Waals surface area contributed by atoms with E-state index in [-0.39, 0.29) is 39.7 Å². The molecule has 0 aromatic carbocycles. The number of anilines is 1. The predicted molar refractivity (Wildman–Crippen MR) is 131 cm³/mol. The topological polar surface area (TPSA) is 118 Å². The van der Waals surface area contributed by atoms with Crippen molar-refractivity contribution in [2.24, 2.45) is 5.92 Å². The van der Waals surface area contributed by atoms with Crippen LogP contribution in [0.25, 0.3) is 16.2 Å². The van der Waals surface area contributed by atoms with Gasteiger partial charge in [0.25, 0.3) is 0 Å². The second-order valence-corrected chi connectivity index (χ2v) is 9.52. The van der Waals surface area contributed by atoms with E-state index in [1.807, 2.05) is 11.8 Å². The zero-order valence-corrected chi connectivity index (χ0v) is 20.3. The Kier molecular flexibility index (Phi) is 7.35. The number of aromatic carboxylic acids is 1. The van der Waals surface area contributed by atoms with E-state index in [0.29, 0.717) is 24.6 Å². The highest BCUT2D eigenvalue weighted by molar-refractivity contribution is 7.08. The standard InChI is InChI=1S/C24H29N5O4S/c1-3-4-5-6-7-9-15(2)19(30)16-10-11-25-21-17(16)20(31)18(23(32)33)22(28-12-8-13-28)29(21)24-26-14-27-34-24/h10-11,14-15H,3-9,12-13H2,1-2H3,(H,32,33). The molecule has 1 unspecified atom stereocenters. The smallest absolute Gasteiger partial charge is 0.343 e. The highest BCUT2D eigenvalue weighted by atomic mass is 32.1. The van der Waals surface area contributed by atoms with Crippen molar-refractivity contribution in [2.45, 2.75) is 58.8 Å². The number of nitrogens with zero attached hydrogens (tertiary/aromatic N) is 5. The quantitative estimate of drug-likeness (QED) is 0.316. The summed E-state index contributed by atoms with van der Waals surface area (Å²) in [5.74, 6) is -1.55. The van der Waals surface area contributed by atoms with Crippen LogP contribution in [0.3, 0.4) is 0 Å². The molecule has 1 N–H and O–H groups in total. The minimum atomic E-state index is -1.33. The summed E-state index contributed by atoms with van der Waals surface area (Å²) in [6, 6.07) is 1.53. The van der Waals surface area contributed by atoms with E-state index in [1.54, 1.807) is 4.57 Å². The number of carbonyl (C=O) groups is 2. The first-order valence-electron chi connectivity index (χ1n) is 11.8. The highest BCUT2D eigenvalue weighted by Crippen LogP contribution is 2.32. The Morgan fingerprint density at radius 1 is 1.18 bits per heavy atom. The van der Waals surface area contributed by atoms with E-state index in [2.05, 4.69) is 21.3 Å². The van der Waals surface area contributed by atoms with Crippen LogP contribution in [0.5, 0.6) is 0 Å². The molecule has 1 aliphatic rings. The van der Waals surface area contributed by atoms with Crippen molar-refractivity contribution in [3.05, 3.63) is 39.9 Å². The molecule has 4 rings (SSSR count). The van der Waals surface area contributed by atoms with E-state index in [0.717, 1.165) is 43.6 Å². The lowest BCUT2D eigenvalue weighted by Crippen LogP contribution is -2.42. The van der Waals surface area contributed by atoms with Gasteiger partial charge in [-0.1, -0.05) is 46.0 Å². The molecule has 1 saturated heterocycles. The van der Waals surface area contributed by atoms with Crippen molar-refractivity contribution in [1.82, 2.24) is 18.9 Å². The number of carbonyl (C=O) groups excluding carboxylic acids is 1. The molecule has 9 nitrogen and oxygen atoms in total. The number of hydrogen-bond donors (Lipinski definition) is 1. The van der Waals surface area contributed by atoms with Crippen molar-refractivity contribution in [3.63, 3.8) is 0 Å². The molecule has 4 heterocycles. The maximum absolute atomic E-state index is 13.6. The first-order valence-corrected chi connectivity index (χ1v) is 12.6. The van der Waals surface area contributed by atoms with Gasteiger partial charge < -0.3 is 10.0 Å². The normalized spacial score (nSPS) is 14.2. The van der Waals surface area contributed by atoms with Gasteiger partial charge in [0.15, 0.2) is 11.4 Å². The van der Waals surface area contributed by atoms with Gasteiger partial charge in [0.05, 0.1) is 5.39 Å². The van der Waals surface area contributed by atoms with Gasteiger partial charge in [-0.15, -0.1) is 0 Å². The Balaban J connectivity index is 1.86. The van der Waals surface area contributed by atoms with Crippen LogP contribution in [-0.4, -0.2) is 48.9 Å². The fourth-order valence-corrected chi connectivity index (χ4v) is 4.94. The van der Waals surface area contributed by atoms with E-state index in [4.69, 9.17) is 0 Å². The first-order chi connectivity index (χ1) is 16.5. The van der Waals surface area contributed by atoms with Crippen LogP contribution in [0.4, 0.5) is 5.82 Å². The van der Waals surface area contributed by atoms with E-state index >= 15 is 0 Å². The molecule has 180 valence electrons. The van der Waals surface area contributed by atoms with Gasteiger partial charge in [-0.3, -0.25) is 14.2 Å². The monoisotopic (exact) mass is 483 g/mol. The number of carboxylic acids is 1. The zero-order valence-electron chi connectivity index (χ0n) is 19.5. The minimum Gasteiger partial charge on any atom is -0.477 e. The number of ketones is 1. The first kappa shape index (κ1) is 24.0. The third-order valence-electron chi connectivity index (χ3n) is 6.40. The number of rotatable bonds is 11. The second kappa shape index (κ2) is 10.4. The third kappa shape index (κ3) is 4.46. The molecular weight excluding hydrogens is 454 g/mol. The molecule has 1 fully saturated rings. The Morgan fingerprint density at radius 3 is 2.56 bits per heavy atom. The van der Waals surface area contributed by atoms with Crippen molar-refractivity contribution >= 4 is 40.1 Å². The number of aromatic nitrogens is 4. The molecule has 1 aliphatic heterocycles. The van der Waals surface area contributed by atoms with Crippen LogP contribution < -0.4 is 10.3 Å². The fourth-order valence-electron chi connectivity index (χ4n) is 4.41. The van der Waals surface area contributed by atoms with Gasteiger partial charge in [0, 0.05) is 42.3 Å². The number of Topliss-reactive ketones (excluding diaryl/α,β-unsaturated/α-hetero) is 1. The zero-order chi connectivity index (χ0) is 24.2. The summed E-state index contributed by atoms with van der Waals surface area (Å²) in [7, 11) is 0. The molecule has 34 heavy (non-hydrogen) atoms. The lowest BCUT2D eigenvalue weighted by atomic mass is 9.92. The van der Waals surface area contributed by atoms with Gasteiger partial charge in [-0.05, 0) is 18.9 Å². The summed E-state index contributed by atoms with van der Waals surface area (Å²) < 4.78 is 5.63. The molecular formula is C24H29N5O4S. The van der Waals surface area contributed by atoms with Crippen molar-refractivity contribution in [1.29, 1.82) is 0 Å². The SMILES string of the molecule is CCCCCCCC(C)C(=O)c1ccnc2c1c(=O)c(C(=O)O)c(N1CCC1)n2-c1ncns1. The average Bonchev–Trinajstić information content (AvgIpc) is 3.31. The maximum atomic E-state index is 13.6. The minimum absolute atomic E-state index is 0.0298. The van der Waals surface area contributed by atoms with Crippen LogP contribution >= 0.6 is 11.5 Å². The summed E-state index contributed by atoms with van der Waals surface area (Å²) in [6.07, 6.45) is 9.96. The molecule has 0 aliphatic carbocycles. The summed E-state index contributed by atoms with van der Waals surface area (Å²) in [5.41, 5.74) is -0.602. The average molecular weight is 484 g/mol. The Bertz CT molecular complexity index is 1250. The molecule has 0 saturated carbocycles. The molecule has 0 radical (unpaired) electrons. The summed E-state index contributed by atoms with van der Waals surface area (Å²) >= 11 is 1.08. The Hall–Kier alpha value is -3.14. The van der Waals surface area contributed by atoms with Crippen LogP contribution in [-0.2, 0) is 0 Å². The lowest BCUT2D eigenvalue weighted by molar-refractivity contribution is 0.0695. The van der Waals surface area contributed by atoms with Crippen LogP contribution in [0.2, 0.25) is 0 Å². The number of unbranched alkanes of at least 4 members (excludes halogenated alkanes) is 4. The summed E-state index contributed by atoms with van der Waals surface area (Å²) in [6.45, 7) is 5.27. The molecule has 3 aromatic rings. The molecule has 0 amide bonds. The number of pyridine rings is 2. The van der Waals surface area contributed by atoms with E-state index < -0.39 is 11.4 Å². The Labute approximate surface area is 201 Å². The number of carboxylic acid groups (broad SMARTS) is 1. The summed E-state index contributed by atoms with van der Waals surface area (Å²) in [5, 5.41) is 10.5. The molecule has 10 heteroatoms.